The molecule has 0 spiro atoms. The number of carbonyl (C=O) groups excluding carboxylic acids is 1. The molecule has 0 aromatic heterocycles. The van der Waals surface area contributed by atoms with Crippen LogP contribution in [-0.2, 0) is 11.3 Å². The van der Waals surface area contributed by atoms with Crippen LogP contribution >= 0.6 is 0 Å². The lowest BCUT2D eigenvalue weighted by Crippen LogP contribution is -2.34. The van der Waals surface area contributed by atoms with Crippen molar-refractivity contribution in [3.05, 3.63) is 29.8 Å². The molecule has 0 bridgehead atoms. The van der Waals surface area contributed by atoms with Crippen molar-refractivity contribution >= 4 is 11.6 Å². The van der Waals surface area contributed by atoms with E-state index in [1.807, 2.05) is 26.1 Å². The summed E-state index contributed by atoms with van der Waals surface area (Å²) in [4.78, 5) is 14.5. The Morgan fingerprint density at radius 3 is 2.78 bits per heavy atom. The Labute approximate surface area is 139 Å². The van der Waals surface area contributed by atoms with Crippen LogP contribution in [0.15, 0.2) is 24.3 Å². The van der Waals surface area contributed by atoms with Crippen LogP contribution in [0.2, 0.25) is 0 Å². The smallest absolute Gasteiger partial charge is 0.228 e. The van der Waals surface area contributed by atoms with Crippen LogP contribution in [0, 0.1) is 11.8 Å². The number of nitrogens with one attached hydrogen (secondary N) is 2. The van der Waals surface area contributed by atoms with E-state index in [2.05, 4.69) is 27.7 Å². The minimum absolute atomic E-state index is 0.0419. The van der Waals surface area contributed by atoms with Gasteiger partial charge in [-0.25, -0.2) is 0 Å². The van der Waals surface area contributed by atoms with Crippen molar-refractivity contribution in [1.29, 1.82) is 0 Å². The molecule has 1 heterocycles. The van der Waals surface area contributed by atoms with Crippen molar-refractivity contribution in [1.82, 2.24) is 10.2 Å². The summed E-state index contributed by atoms with van der Waals surface area (Å²) in [7, 11) is 1.85. The molecule has 1 aromatic rings. The van der Waals surface area contributed by atoms with Gasteiger partial charge in [0.25, 0.3) is 0 Å². The maximum absolute atomic E-state index is 12.1. The Kier molecular flexibility index (Phi) is 7.02. The number of aliphatic hydroxyl groups is 1. The summed E-state index contributed by atoms with van der Waals surface area (Å²) in [6.07, 6.45) is 2.13. The fourth-order valence-electron chi connectivity index (χ4n) is 3.00. The van der Waals surface area contributed by atoms with Gasteiger partial charge in [-0.05, 0) is 56.6 Å². The molecule has 23 heavy (non-hydrogen) atoms. The molecule has 1 amide bonds. The number of hydrogen-bond acceptors (Lipinski definition) is 4. The summed E-state index contributed by atoms with van der Waals surface area (Å²) >= 11 is 0. The van der Waals surface area contributed by atoms with Crippen LogP contribution < -0.4 is 10.6 Å². The summed E-state index contributed by atoms with van der Waals surface area (Å²) in [5, 5.41) is 15.2. The first-order valence-electron chi connectivity index (χ1n) is 8.50. The van der Waals surface area contributed by atoms with Crippen LogP contribution in [0.3, 0.4) is 0 Å². The summed E-state index contributed by atoms with van der Waals surface area (Å²) in [5.41, 5.74) is 2.08. The van der Waals surface area contributed by atoms with Gasteiger partial charge in [-0.2, -0.15) is 0 Å². The lowest BCUT2D eigenvalue weighted by atomic mass is 9.97. The first kappa shape index (κ1) is 17.9. The molecule has 3 N–H and O–H groups in total. The van der Waals surface area contributed by atoms with Gasteiger partial charge in [0.2, 0.25) is 5.91 Å². The summed E-state index contributed by atoms with van der Waals surface area (Å²) < 4.78 is 0. The van der Waals surface area contributed by atoms with Gasteiger partial charge in [0.05, 0.1) is 0 Å². The SMILES string of the molecule is CNCC(C)C(=O)Nc1cccc(CN2CCC(CO)CC2)c1. The normalized spacial score (nSPS) is 17.9. The van der Waals surface area contributed by atoms with Crippen molar-refractivity contribution < 1.29 is 9.90 Å². The fraction of sp³-hybridized carbons (Fsp3) is 0.611. The Bertz CT molecular complexity index is 499. The van der Waals surface area contributed by atoms with E-state index in [9.17, 15) is 9.90 Å². The molecule has 0 aliphatic carbocycles. The fourth-order valence-corrected chi connectivity index (χ4v) is 3.00. The van der Waals surface area contributed by atoms with Crippen LogP contribution in [-0.4, -0.2) is 49.2 Å². The van der Waals surface area contributed by atoms with Crippen molar-refractivity contribution in [3.63, 3.8) is 0 Å². The van der Waals surface area contributed by atoms with Crippen molar-refractivity contribution in [2.45, 2.75) is 26.3 Å². The lowest BCUT2D eigenvalue weighted by Gasteiger charge is -2.31. The Morgan fingerprint density at radius 1 is 1.39 bits per heavy atom. The number of nitrogens with zero attached hydrogens (tertiary/aromatic N) is 1. The third kappa shape index (κ3) is 5.61. The van der Waals surface area contributed by atoms with E-state index in [0.717, 1.165) is 38.2 Å². The monoisotopic (exact) mass is 319 g/mol. The first-order valence-corrected chi connectivity index (χ1v) is 8.50. The lowest BCUT2D eigenvalue weighted by molar-refractivity contribution is -0.119. The molecule has 1 aliphatic rings. The van der Waals surface area contributed by atoms with Gasteiger partial charge in [-0.15, -0.1) is 0 Å². The molecule has 1 fully saturated rings. The predicted molar refractivity (Wildman–Crippen MR) is 93.2 cm³/mol. The standard InChI is InChI=1S/C18H29N3O2/c1-14(11-19-2)18(23)20-17-5-3-4-16(10-17)12-21-8-6-15(13-22)7-9-21/h3-5,10,14-15,19,22H,6-9,11-13H2,1-2H3,(H,20,23). The molecule has 1 aliphatic heterocycles. The van der Waals surface area contributed by atoms with E-state index < -0.39 is 0 Å². The highest BCUT2D eigenvalue weighted by Gasteiger charge is 2.18. The van der Waals surface area contributed by atoms with E-state index in [1.165, 1.54) is 5.56 Å². The molecule has 0 radical (unpaired) electrons. The van der Waals surface area contributed by atoms with Gasteiger partial charge < -0.3 is 15.7 Å². The van der Waals surface area contributed by atoms with E-state index in [1.54, 1.807) is 0 Å². The Balaban J connectivity index is 1.88. The van der Waals surface area contributed by atoms with Crippen molar-refractivity contribution in [2.75, 3.05) is 38.6 Å². The molecule has 1 saturated heterocycles. The van der Waals surface area contributed by atoms with Crippen molar-refractivity contribution in [3.8, 4) is 0 Å². The highest BCUT2D eigenvalue weighted by atomic mass is 16.3. The second-order valence-corrected chi connectivity index (χ2v) is 6.55. The molecular formula is C18H29N3O2. The van der Waals surface area contributed by atoms with Crippen LogP contribution in [0.1, 0.15) is 25.3 Å². The summed E-state index contributed by atoms with van der Waals surface area (Å²) in [6.45, 7) is 5.85. The van der Waals surface area contributed by atoms with Crippen LogP contribution in [0.25, 0.3) is 0 Å². The number of anilines is 1. The molecule has 0 saturated carbocycles. The maximum Gasteiger partial charge on any atom is 0.228 e. The number of amides is 1. The highest BCUT2D eigenvalue weighted by molar-refractivity contribution is 5.92. The largest absolute Gasteiger partial charge is 0.396 e. The van der Waals surface area contributed by atoms with E-state index in [0.29, 0.717) is 19.1 Å². The third-order valence-corrected chi connectivity index (χ3v) is 4.52. The molecule has 5 nitrogen and oxygen atoms in total. The third-order valence-electron chi connectivity index (χ3n) is 4.52. The Hall–Kier alpha value is -1.43. The van der Waals surface area contributed by atoms with Gasteiger partial charge in [-0.3, -0.25) is 9.69 Å². The van der Waals surface area contributed by atoms with Gasteiger partial charge in [-0.1, -0.05) is 19.1 Å². The van der Waals surface area contributed by atoms with E-state index in [-0.39, 0.29) is 11.8 Å². The number of carbonyl (C=O) groups is 1. The number of rotatable bonds is 7. The molecule has 128 valence electrons. The van der Waals surface area contributed by atoms with Gasteiger partial charge in [0.15, 0.2) is 0 Å². The maximum atomic E-state index is 12.1. The predicted octanol–water partition coefficient (Wildman–Crippen LogP) is 1.68. The van der Waals surface area contributed by atoms with Crippen molar-refractivity contribution in [2.24, 2.45) is 11.8 Å². The number of likely N-dealkylation sites (tertiary alicyclic amines) is 1. The second-order valence-electron chi connectivity index (χ2n) is 6.55. The molecule has 1 unspecified atom stereocenters. The zero-order valence-electron chi connectivity index (χ0n) is 14.2. The Morgan fingerprint density at radius 2 is 2.13 bits per heavy atom. The van der Waals surface area contributed by atoms with Gasteiger partial charge in [0, 0.05) is 31.3 Å². The summed E-state index contributed by atoms with van der Waals surface area (Å²) in [6, 6.07) is 8.09. The quantitative estimate of drug-likeness (QED) is 0.715. The van der Waals surface area contributed by atoms with Gasteiger partial charge >= 0.3 is 0 Å². The average Bonchev–Trinajstić information content (AvgIpc) is 2.56. The molecule has 5 heteroatoms. The van der Waals surface area contributed by atoms with Crippen LogP contribution in [0.5, 0.6) is 0 Å². The molecule has 1 aromatic carbocycles. The van der Waals surface area contributed by atoms with Crippen LogP contribution in [0.4, 0.5) is 5.69 Å². The number of benzene rings is 1. The topological polar surface area (TPSA) is 64.6 Å². The number of hydrogen-bond donors (Lipinski definition) is 3. The molecule has 2 rings (SSSR count). The number of aliphatic hydroxyl groups excluding tert-OH is 1. The zero-order valence-corrected chi connectivity index (χ0v) is 14.2. The van der Waals surface area contributed by atoms with E-state index in [4.69, 9.17) is 0 Å². The first-order chi connectivity index (χ1) is 11.1. The average molecular weight is 319 g/mol. The second kappa shape index (κ2) is 9.01. The van der Waals surface area contributed by atoms with Gasteiger partial charge in [0.1, 0.15) is 0 Å². The minimum atomic E-state index is -0.0545. The minimum Gasteiger partial charge on any atom is -0.396 e. The highest BCUT2D eigenvalue weighted by Crippen LogP contribution is 2.20. The number of piperidine rings is 1. The molecular weight excluding hydrogens is 290 g/mol. The molecule has 1 atom stereocenters. The zero-order chi connectivity index (χ0) is 16.7. The van der Waals surface area contributed by atoms with E-state index >= 15 is 0 Å². The summed E-state index contributed by atoms with van der Waals surface area (Å²) in [5.74, 6) is 0.451.